The Morgan fingerprint density at radius 3 is 2.29 bits per heavy atom. The molecule has 4 nitrogen and oxygen atoms in total. The molecule has 0 aliphatic heterocycles. The van der Waals surface area contributed by atoms with Gasteiger partial charge in [0, 0.05) is 13.2 Å². The van der Waals surface area contributed by atoms with E-state index >= 15 is 0 Å². The molecular formula is C13H18O4. The van der Waals surface area contributed by atoms with Crippen molar-refractivity contribution in [1.29, 1.82) is 0 Å². The van der Waals surface area contributed by atoms with Crippen LogP contribution in [0.3, 0.4) is 0 Å². The molecule has 0 amide bonds. The molecule has 17 heavy (non-hydrogen) atoms. The molecule has 1 rings (SSSR count). The van der Waals surface area contributed by atoms with E-state index in [9.17, 15) is 9.90 Å². The molecule has 0 saturated carbocycles. The Bertz CT molecular complexity index is 319. The van der Waals surface area contributed by atoms with Crippen molar-refractivity contribution in [2.75, 3.05) is 13.2 Å². The molecule has 1 aliphatic rings. The minimum atomic E-state index is -1.24. The first-order valence-corrected chi connectivity index (χ1v) is 5.67. The normalized spacial score (nSPS) is 18.5. The number of allylic oxidation sites excluding steroid dienone is 2. The van der Waals surface area contributed by atoms with Crippen molar-refractivity contribution in [2.24, 2.45) is 0 Å². The fraction of sp³-hybridized carbons (Fsp3) is 0.462. The predicted molar refractivity (Wildman–Crippen MR) is 64.4 cm³/mol. The van der Waals surface area contributed by atoms with Crippen LogP contribution in [0.1, 0.15) is 13.8 Å². The maximum absolute atomic E-state index is 10.9. The summed E-state index contributed by atoms with van der Waals surface area (Å²) in [6.45, 7) is 4.79. The number of hydrogen-bond acceptors (Lipinski definition) is 4. The Morgan fingerprint density at radius 1 is 1.29 bits per heavy atom. The van der Waals surface area contributed by atoms with Gasteiger partial charge in [-0.25, -0.2) is 0 Å². The van der Waals surface area contributed by atoms with Gasteiger partial charge in [-0.15, -0.1) is 0 Å². The van der Waals surface area contributed by atoms with Crippen LogP contribution in [0.15, 0.2) is 36.5 Å². The van der Waals surface area contributed by atoms with Crippen LogP contribution in [-0.4, -0.2) is 36.0 Å². The molecule has 0 atom stereocenters. The van der Waals surface area contributed by atoms with Crippen LogP contribution < -0.4 is 0 Å². The summed E-state index contributed by atoms with van der Waals surface area (Å²) in [4.78, 5) is 10.9. The summed E-state index contributed by atoms with van der Waals surface area (Å²) in [6.07, 6.45) is 8.23. The number of ketones is 1. The number of carbonyl (C=O) groups excluding carboxylic acids is 1. The molecule has 0 radical (unpaired) electrons. The van der Waals surface area contributed by atoms with Crippen molar-refractivity contribution >= 4 is 5.78 Å². The first-order valence-electron chi connectivity index (χ1n) is 5.67. The largest absolute Gasteiger partial charge is 0.378 e. The lowest BCUT2D eigenvalue weighted by Gasteiger charge is -2.19. The van der Waals surface area contributed by atoms with E-state index in [2.05, 4.69) is 0 Å². The molecule has 94 valence electrons. The lowest BCUT2D eigenvalue weighted by atomic mass is 9.97. The molecule has 0 heterocycles. The summed E-state index contributed by atoms with van der Waals surface area (Å²) in [7, 11) is 0. The standard InChI is InChI=1S/C13H18O4/c1-3-16-12(17-4-2)7-10-13(15)8-5-11(14)6-9-13/h5-10,12,15H,3-4H2,1-2H3/b10-7+. The Hall–Kier alpha value is -1.23. The van der Waals surface area contributed by atoms with Crippen molar-refractivity contribution < 1.29 is 19.4 Å². The van der Waals surface area contributed by atoms with Gasteiger partial charge in [-0.05, 0) is 50.3 Å². The maximum atomic E-state index is 10.9. The molecular weight excluding hydrogens is 220 g/mol. The minimum absolute atomic E-state index is 0.130. The Labute approximate surface area is 101 Å². The van der Waals surface area contributed by atoms with Gasteiger partial charge in [0.25, 0.3) is 0 Å². The van der Waals surface area contributed by atoms with E-state index in [1.165, 1.54) is 24.3 Å². The van der Waals surface area contributed by atoms with Crippen LogP contribution >= 0.6 is 0 Å². The number of rotatable bonds is 6. The highest BCUT2D eigenvalue weighted by Crippen LogP contribution is 2.16. The topological polar surface area (TPSA) is 55.8 Å². The van der Waals surface area contributed by atoms with Gasteiger partial charge in [-0.3, -0.25) is 4.79 Å². The third-order valence-corrected chi connectivity index (χ3v) is 2.21. The fourth-order valence-electron chi connectivity index (χ4n) is 1.37. The van der Waals surface area contributed by atoms with Crippen LogP contribution in [0.5, 0.6) is 0 Å². The zero-order valence-electron chi connectivity index (χ0n) is 10.1. The quantitative estimate of drug-likeness (QED) is 0.561. The van der Waals surface area contributed by atoms with Gasteiger partial charge in [0.05, 0.1) is 0 Å². The summed E-state index contributed by atoms with van der Waals surface area (Å²) in [5.74, 6) is -0.130. The molecule has 0 aromatic heterocycles. The molecule has 0 aromatic carbocycles. The van der Waals surface area contributed by atoms with Gasteiger partial charge < -0.3 is 14.6 Å². The Balaban J connectivity index is 2.64. The average Bonchev–Trinajstić information content (AvgIpc) is 2.31. The molecule has 0 fully saturated rings. The molecule has 0 spiro atoms. The highest BCUT2D eigenvalue weighted by Gasteiger charge is 2.20. The van der Waals surface area contributed by atoms with Crippen molar-refractivity contribution in [2.45, 2.75) is 25.7 Å². The summed E-state index contributed by atoms with van der Waals surface area (Å²) in [5, 5.41) is 10.1. The van der Waals surface area contributed by atoms with E-state index in [4.69, 9.17) is 9.47 Å². The number of carbonyl (C=O) groups is 1. The highest BCUT2D eigenvalue weighted by molar-refractivity contribution is 6.00. The first kappa shape index (κ1) is 13.8. The van der Waals surface area contributed by atoms with Gasteiger partial charge in [0.2, 0.25) is 0 Å². The molecule has 1 aliphatic carbocycles. The van der Waals surface area contributed by atoms with Crippen molar-refractivity contribution in [3.8, 4) is 0 Å². The Kier molecular flexibility index (Phi) is 5.28. The molecule has 0 saturated heterocycles. The van der Waals surface area contributed by atoms with Crippen LogP contribution in [0.25, 0.3) is 0 Å². The smallest absolute Gasteiger partial charge is 0.178 e. The molecule has 4 heteroatoms. The third kappa shape index (κ3) is 4.65. The van der Waals surface area contributed by atoms with Gasteiger partial charge >= 0.3 is 0 Å². The fourth-order valence-corrected chi connectivity index (χ4v) is 1.37. The SMILES string of the molecule is CCOC(/C=C/C1(O)C=CC(=O)C=C1)OCC. The van der Waals surface area contributed by atoms with Gasteiger partial charge in [-0.2, -0.15) is 0 Å². The zero-order chi connectivity index (χ0) is 12.7. The monoisotopic (exact) mass is 238 g/mol. The molecule has 0 aromatic rings. The van der Waals surface area contributed by atoms with Crippen LogP contribution in [-0.2, 0) is 14.3 Å². The second-order valence-electron chi connectivity index (χ2n) is 3.59. The summed E-state index contributed by atoms with van der Waals surface area (Å²) >= 11 is 0. The van der Waals surface area contributed by atoms with E-state index in [0.29, 0.717) is 13.2 Å². The van der Waals surface area contributed by atoms with Crippen LogP contribution in [0, 0.1) is 0 Å². The van der Waals surface area contributed by atoms with Crippen molar-refractivity contribution in [3.05, 3.63) is 36.5 Å². The third-order valence-electron chi connectivity index (χ3n) is 2.21. The summed E-state index contributed by atoms with van der Waals surface area (Å²) in [5.41, 5.74) is -1.24. The number of aliphatic hydroxyl groups is 1. The summed E-state index contributed by atoms with van der Waals surface area (Å²) in [6, 6.07) is 0. The van der Waals surface area contributed by atoms with E-state index in [-0.39, 0.29) is 5.78 Å². The zero-order valence-corrected chi connectivity index (χ0v) is 10.1. The highest BCUT2D eigenvalue weighted by atomic mass is 16.7. The first-order chi connectivity index (χ1) is 8.09. The van der Waals surface area contributed by atoms with Crippen LogP contribution in [0.4, 0.5) is 0 Å². The lowest BCUT2D eigenvalue weighted by Crippen LogP contribution is -2.24. The molecule has 0 unspecified atom stereocenters. The number of ether oxygens (including phenoxy) is 2. The molecule has 0 bridgehead atoms. The van der Waals surface area contributed by atoms with Gasteiger partial charge in [-0.1, -0.05) is 0 Å². The van der Waals surface area contributed by atoms with E-state index in [1.54, 1.807) is 12.2 Å². The van der Waals surface area contributed by atoms with E-state index in [1.807, 2.05) is 13.8 Å². The second kappa shape index (κ2) is 6.49. The molecule has 1 N–H and O–H groups in total. The number of hydrogen-bond donors (Lipinski definition) is 1. The lowest BCUT2D eigenvalue weighted by molar-refractivity contribution is -0.110. The van der Waals surface area contributed by atoms with Gasteiger partial charge in [0.1, 0.15) is 5.60 Å². The Morgan fingerprint density at radius 2 is 1.82 bits per heavy atom. The maximum Gasteiger partial charge on any atom is 0.178 e. The van der Waals surface area contributed by atoms with E-state index in [0.717, 1.165) is 0 Å². The average molecular weight is 238 g/mol. The predicted octanol–water partition coefficient (Wildman–Crippen LogP) is 1.37. The van der Waals surface area contributed by atoms with Gasteiger partial charge in [0.15, 0.2) is 12.1 Å². The van der Waals surface area contributed by atoms with Crippen LogP contribution in [0.2, 0.25) is 0 Å². The summed E-state index contributed by atoms with van der Waals surface area (Å²) < 4.78 is 10.6. The van der Waals surface area contributed by atoms with E-state index < -0.39 is 11.9 Å². The van der Waals surface area contributed by atoms with Crippen molar-refractivity contribution in [3.63, 3.8) is 0 Å². The minimum Gasteiger partial charge on any atom is -0.378 e. The van der Waals surface area contributed by atoms with Crippen molar-refractivity contribution in [1.82, 2.24) is 0 Å². The second-order valence-corrected chi connectivity index (χ2v) is 3.59.